The molecule has 1 N–H and O–H groups in total. The maximum Gasteiger partial charge on any atom is 0.372 e. The van der Waals surface area contributed by atoms with Crippen LogP contribution < -0.4 is 5.32 Å². The molecule has 2 aromatic rings. The van der Waals surface area contributed by atoms with Gasteiger partial charge in [0.15, 0.2) is 0 Å². The largest absolute Gasteiger partial charge is 0.372 e. The number of thiazole rings is 1. The Labute approximate surface area is 113 Å². The van der Waals surface area contributed by atoms with Crippen LogP contribution in [0.2, 0.25) is 0 Å². The molecule has 8 heteroatoms. The van der Waals surface area contributed by atoms with E-state index in [-0.39, 0.29) is 5.82 Å². The molecule has 98 valence electrons. The highest BCUT2D eigenvalue weighted by Crippen LogP contribution is 2.27. The minimum atomic E-state index is -0.392. The molecule has 0 amide bonds. The summed E-state index contributed by atoms with van der Waals surface area (Å²) in [5.74, 6) is 1.51. The molecule has 0 aromatic carbocycles. The van der Waals surface area contributed by atoms with E-state index >= 15 is 0 Å². The second-order valence-corrected chi connectivity index (χ2v) is 5.58. The van der Waals surface area contributed by atoms with E-state index in [0.29, 0.717) is 17.3 Å². The van der Waals surface area contributed by atoms with Crippen LogP contribution in [0.1, 0.15) is 12.8 Å². The molecule has 6 nitrogen and oxygen atoms in total. The number of thioether (sulfide) groups is 1. The summed E-state index contributed by atoms with van der Waals surface area (Å²) in [4.78, 5) is 15.5. The molecule has 0 fully saturated rings. The van der Waals surface area contributed by atoms with E-state index in [0.717, 1.165) is 18.6 Å². The number of unbranched alkanes of at least 4 members (excludes halogenated alkanes) is 1. The summed E-state index contributed by atoms with van der Waals surface area (Å²) >= 11 is 3.20. The SMILES string of the molecule is CSCCCCNc1nc2sccn2c1[N+](=O)[O-]. The fraction of sp³-hybridized carbons (Fsp3) is 0.500. The van der Waals surface area contributed by atoms with Crippen LogP contribution in [0.4, 0.5) is 11.6 Å². The summed E-state index contributed by atoms with van der Waals surface area (Å²) in [5.41, 5.74) is 0. The quantitative estimate of drug-likeness (QED) is 0.481. The van der Waals surface area contributed by atoms with Gasteiger partial charge in [-0.2, -0.15) is 21.1 Å². The molecule has 0 saturated carbocycles. The Balaban J connectivity index is 2.05. The lowest BCUT2D eigenvalue weighted by Gasteiger charge is -2.02. The molecule has 2 rings (SSSR count). The second-order valence-electron chi connectivity index (χ2n) is 3.72. The first kappa shape index (κ1) is 13.2. The third-order valence-corrected chi connectivity index (χ3v) is 3.93. The zero-order valence-electron chi connectivity index (χ0n) is 9.96. The van der Waals surface area contributed by atoms with Crippen LogP contribution in [0.25, 0.3) is 4.96 Å². The molecule has 0 atom stereocenters. The summed E-state index contributed by atoms with van der Waals surface area (Å²) in [5, 5.41) is 15.9. The van der Waals surface area contributed by atoms with Gasteiger partial charge in [0, 0.05) is 11.9 Å². The van der Waals surface area contributed by atoms with Crippen molar-refractivity contribution in [3.63, 3.8) is 0 Å². The first-order chi connectivity index (χ1) is 8.74. The van der Waals surface area contributed by atoms with E-state index in [2.05, 4.69) is 16.6 Å². The summed E-state index contributed by atoms with van der Waals surface area (Å²) in [6.07, 6.45) is 5.83. The summed E-state index contributed by atoms with van der Waals surface area (Å²) in [6.45, 7) is 0.715. The van der Waals surface area contributed by atoms with Gasteiger partial charge in [-0.25, -0.2) is 0 Å². The number of aromatic nitrogens is 2. The van der Waals surface area contributed by atoms with Crippen LogP contribution >= 0.6 is 23.1 Å². The van der Waals surface area contributed by atoms with Crippen molar-refractivity contribution < 1.29 is 4.92 Å². The molecule has 2 heterocycles. The van der Waals surface area contributed by atoms with Gasteiger partial charge in [0.1, 0.15) is 6.20 Å². The third-order valence-electron chi connectivity index (χ3n) is 2.48. The van der Waals surface area contributed by atoms with Gasteiger partial charge in [0.25, 0.3) is 4.96 Å². The molecule has 0 aliphatic carbocycles. The van der Waals surface area contributed by atoms with Crippen LogP contribution in [0.15, 0.2) is 11.6 Å². The first-order valence-electron chi connectivity index (χ1n) is 5.57. The Morgan fingerprint density at radius 3 is 3.17 bits per heavy atom. The van der Waals surface area contributed by atoms with Crippen molar-refractivity contribution in [1.29, 1.82) is 0 Å². The molecule has 18 heavy (non-hydrogen) atoms. The minimum Gasteiger partial charge on any atom is -0.363 e. The van der Waals surface area contributed by atoms with Crippen molar-refractivity contribution in [3.8, 4) is 0 Å². The highest BCUT2D eigenvalue weighted by molar-refractivity contribution is 7.98. The Bertz CT molecular complexity index is 537. The topological polar surface area (TPSA) is 72.5 Å². The molecule has 0 radical (unpaired) electrons. The van der Waals surface area contributed by atoms with Crippen LogP contribution in [0.5, 0.6) is 0 Å². The average Bonchev–Trinajstić information content (AvgIpc) is 2.87. The summed E-state index contributed by atoms with van der Waals surface area (Å²) in [6, 6.07) is 0. The zero-order valence-corrected chi connectivity index (χ0v) is 11.6. The highest BCUT2D eigenvalue weighted by atomic mass is 32.2. The predicted octanol–water partition coefficient (Wildman–Crippen LogP) is 2.86. The van der Waals surface area contributed by atoms with Crippen molar-refractivity contribution >= 4 is 39.7 Å². The molecular weight excluding hydrogens is 272 g/mol. The van der Waals surface area contributed by atoms with Gasteiger partial charge in [0.2, 0.25) is 5.82 Å². The van der Waals surface area contributed by atoms with Crippen molar-refractivity contribution in [3.05, 3.63) is 21.7 Å². The zero-order chi connectivity index (χ0) is 13.0. The van der Waals surface area contributed by atoms with E-state index in [4.69, 9.17) is 0 Å². The monoisotopic (exact) mass is 286 g/mol. The fourth-order valence-electron chi connectivity index (χ4n) is 1.65. The van der Waals surface area contributed by atoms with Gasteiger partial charge < -0.3 is 15.4 Å². The van der Waals surface area contributed by atoms with Crippen LogP contribution in [-0.2, 0) is 0 Å². The number of imidazole rings is 1. The van der Waals surface area contributed by atoms with Gasteiger partial charge in [-0.3, -0.25) is 0 Å². The standard InChI is InChI=1S/C10H14N4O2S2/c1-17-6-3-2-4-11-8-9(14(15)16)13-5-7-18-10(13)12-8/h5,7,11H,2-4,6H2,1H3. The molecule has 0 saturated heterocycles. The molecule has 0 aliphatic rings. The number of anilines is 1. The van der Waals surface area contributed by atoms with Crippen LogP contribution in [0.3, 0.4) is 0 Å². The van der Waals surface area contributed by atoms with Gasteiger partial charge in [-0.1, -0.05) is 11.3 Å². The van der Waals surface area contributed by atoms with Gasteiger partial charge in [0.05, 0.1) is 0 Å². The molecule has 0 unspecified atom stereocenters. The molecule has 2 aromatic heterocycles. The van der Waals surface area contributed by atoms with E-state index < -0.39 is 4.92 Å². The normalized spacial score (nSPS) is 10.9. The third kappa shape index (κ3) is 2.75. The number of hydrogen-bond donors (Lipinski definition) is 1. The lowest BCUT2D eigenvalue weighted by Crippen LogP contribution is -2.05. The van der Waals surface area contributed by atoms with Crippen LogP contribution in [-0.4, -0.2) is 32.9 Å². The predicted molar refractivity (Wildman–Crippen MR) is 75.8 cm³/mol. The van der Waals surface area contributed by atoms with Gasteiger partial charge >= 0.3 is 5.82 Å². The van der Waals surface area contributed by atoms with Crippen LogP contribution in [0, 0.1) is 10.1 Å². The van der Waals surface area contributed by atoms with E-state index in [1.54, 1.807) is 11.6 Å². The van der Waals surface area contributed by atoms with Gasteiger partial charge in [-0.15, -0.1) is 0 Å². The lowest BCUT2D eigenvalue weighted by atomic mass is 10.3. The summed E-state index contributed by atoms with van der Waals surface area (Å²) < 4.78 is 1.51. The lowest BCUT2D eigenvalue weighted by molar-refractivity contribution is -0.389. The van der Waals surface area contributed by atoms with E-state index in [1.807, 2.05) is 11.8 Å². The van der Waals surface area contributed by atoms with Crippen molar-refractivity contribution in [2.75, 3.05) is 23.9 Å². The molecule has 0 bridgehead atoms. The van der Waals surface area contributed by atoms with Crippen molar-refractivity contribution in [2.24, 2.45) is 0 Å². The van der Waals surface area contributed by atoms with Crippen molar-refractivity contribution in [1.82, 2.24) is 9.38 Å². The Kier molecular flexibility index (Phi) is 4.43. The number of hydrogen-bond acceptors (Lipinski definition) is 6. The molecule has 0 aliphatic heterocycles. The minimum absolute atomic E-state index is 0.0242. The van der Waals surface area contributed by atoms with E-state index in [9.17, 15) is 10.1 Å². The number of rotatable bonds is 7. The number of nitro groups is 1. The smallest absolute Gasteiger partial charge is 0.363 e. The Morgan fingerprint density at radius 1 is 1.61 bits per heavy atom. The first-order valence-corrected chi connectivity index (χ1v) is 7.84. The number of nitrogens with one attached hydrogen (secondary N) is 1. The number of fused-ring (bicyclic) bond motifs is 1. The fourth-order valence-corrected chi connectivity index (χ4v) is 2.85. The maximum absolute atomic E-state index is 11.0. The average molecular weight is 286 g/mol. The van der Waals surface area contributed by atoms with E-state index in [1.165, 1.54) is 15.7 Å². The highest BCUT2D eigenvalue weighted by Gasteiger charge is 2.22. The molecular formula is C10H14N4O2S2. The number of nitrogens with zero attached hydrogens (tertiary/aromatic N) is 3. The Morgan fingerprint density at radius 2 is 2.44 bits per heavy atom. The summed E-state index contributed by atoms with van der Waals surface area (Å²) in [7, 11) is 0. The molecule has 0 spiro atoms. The Hall–Kier alpha value is -1.28. The second kappa shape index (κ2) is 6.05. The van der Waals surface area contributed by atoms with Crippen molar-refractivity contribution in [2.45, 2.75) is 12.8 Å². The van der Waals surface area contributed by atoms with Gasteiger partial charge in [-0.05, 0) is 29.8 Å². The maximum atomic E-state index is 11.0.